The van der Waals surface area contributed by atoms with Crippen LogP contribution < -0.4 is 5.32 Å². The highest BCUT2D eigenvalue weighted by Crippen LogP contribution is 2.22. The van der Waals surface area contributed by atoms with E-state index in [-0.39, 0.29) is 18.1 Å². The molecule has 0 unspecified atom stereocenters. The van der Waals surface area contributed by atoms with Crippen molar-refractivity contribution in [1.29, 1.82) is 0 Å². The van der Waals surface area contributed by atoms with Crippen molar-refractivity contribution in [2.45, 2.75) is 13.0 Å². The van der Waals surface area contributed by atoms with E-state index in [1.54, 1.807) is 42.7 Å². The van der Waals surface area contributed by atoms with E-state index >= 15 is 0 Å². The summed E-state index contributed by atoms with van der Waals surface area (Å²) >= 11 is 0. The van der Waals surface area contributed by atoms with Gasteiger partial charge in [-0.2, -0.15) is 0 Å². The van der Waals surface area contributed by atoms with E-state index in [1.807, 2.05) is 6.07 Å². The second-order valence-electron chi connectivity index (χ2n) is 5.09. The van der Waals surface area contributed by atoms with Gasteiger partial charge in [0, 0.05) is 18.0 Å². The Bertz CT molecular complexity index is 782. The van der Waals surface area contributed by atoms with Crippen molar-refractivity contribution < 1.29 is 13.6 Å². The summed E-state index contributed by atoms with van der Waals surface area (Å²) in [6.45, 7) is 0.306. The van der Waals surface area contributed by atoms with Crippen LogP contribution in [0.15, 0.2) is 65.3 Å². The average molecular weight is 310 g/mol. The molecule has 0 saturated heterocycles. The molecule has 0 radical (unpaired) electrons. The molecule has 4 nitrogen and oxygen atoms in total. The molecule has 3 aromatic rings. The molecule has 0 saturated carbocycles. The fourth-order valence-electron chi connectivity index (χ4n) is 2.18. The Balaban J connectivity index is 1.57. The summed E-state index contributed by atoms with van der Waals surface area (Å²) in [6, 6.07) is 13.3. The maximum absolute atomic E-state index is 12.9. The Hall–Kier alpha value is -2.95. The predicted molar refractivity (Wildman–Crippen MR) is 83.9 cm³/mol. The zero-order chi connectivity index (χ0) is 16.1. The van der Waals surface area contributed by atoms with E-state index in [0.29, 0.717) is 18.1 Å². The van der Waals surface area contributed by atoms with Gasteiger partial charge in [0.25, 0.3) is 0 Å². The molecule has 0 atom stereocenters. The number of aromatic nitrogens is 1. The summed E-state index contributed by atoms with van der Waals surface area (Å²) in [4.78, 5) is 15.9. The minimum Gasteiger partial charge on any atom is -0.459 e. The van der Waals surface area contributed by atoms with Crippen LogP contribution in [0, 0.1) is 5.82 Å². The highest BCUT2D eigenvalue weighted by molar-refractivity contribution is 5.78. The molecule has 0 aliphatic heterocycles. The second kappa shape index (κ2) is 6.87. The number of furan rings is 1. The van der Waals surface area contributed by atoms with Gasteiger partial charge in [-0.3, -0.25) is 9.78 Å². The van der Waals surface area contributed by atoms with Crippen LogP contribution in [0.1, 0.15) is 11.3 Å². The van der Waals surface area contributed by atoms with E-state index in [9.17, 15) is 9.18 Å². The van der Waals surface area contributed by atoms with Crippen molar-refractivity contribution in [2.75, 3.05) is 0 Å². The van der Waals surface area contributed by atoms with Gasteiger partial charge >= 0.3 is 0 Å². The number of nitrogens with one attached hydrogen (secondary N) is 1. The van der Waals surface area contributed by atoms with Crippen molar-refractivity contribution in [3.63, 3.8) is 0 Å². The number of hydrogen-bond donors (Lipinski definition) is 1. The number of rotatable bonds is 5. The minimum atomic E-state index is -0.289. The van der Waals surface area contributed by atoms with Crippen LogP contribution in [0.4, 0.5) is 4.39 Å². The predicted octanol–water partition coefficient (Wildman–Crippen LogP) is 3.34. The van der Waals surface area contributed by atoms with Crippen LogP contribution in [0.5, 0.6) is 0 Å². The maximum atomic E-state index is 12.9. The molecule has 3 rings (SSSR count). The molecule has 116 valence electrons. The number of hydrogen-bond acceptors (Lipinski definition) is 3. The molecular formula is C18H15FN2O2. The van der Waals surface area contributed by atoms with Gasteiger partial charge in [0.2, 0.25) is 5.91 Å². The van der Waals surface area contributed by atoms with Gasteiger partial charge in [-0.15, -0.1) is 0 Å². The van der Waals surface area contributed by atoms with E-state index in [1.165, 1.54) is 12.1 Å². The fourth-order valence-corrected chi connectivity index (χ4v) is 2.18. The molecule has 1 N–H and O–H groups in total. The molecule has 1 aromatic carbocycles. The van der Waals surface area contributed by atoms with Crippen molar-refractivity contribution >= 4 is 5.91 Å². The largest absolute Gasteiger partial charge is 0.459 e. The molecule has 0 aliphatic carbocycles. The summed E-state index contributed by atoms with van der Waals surface area (Å²) in [5.74, 6) is 0.895. The van der Waals surface area contributed by atoms with Gasteiger partial charge in [0.05, 0.1) is 13.0 Å². The lowest BCUT2D eigenvalue weighted by molar-refractivity contribution is -0.120. The molecule has 2 heterocycles. The number of carbonyl (C=O) groups is 1. The molecule has 0 fully saturated rings. The standard InChI is InChI=1S/C18H15FN2O2/c19-15-5-3-14(4-6-15)17-8-7-16(23-17)12-21-18(22)10-13-2-1-9-20-11-13/h1-9,11H,10,12H2,(H,21,22). The maximum Gasteiger partial charge on any atom is 0.224 e. The molecule has 1 amide bonds. The van der Waals surface area contributed by atoms with Crippen molar-refractivity contribution in [3.8, 4) is 11.3 Å². The average Bonchev–Trinajstić information content (AvgIpc) is 3.04. The highest BCUT2D eigenvalue weighted by atomic mass is 19.1. The third-order valence-electron chi connectivity index (χ3n) is 3.34. The molecule has 0 spiro atoms. The minimum absolute atomic E-state index is 0.0993. The van der Waals surface area contributed by atoms with Gasteiger partial charge in [0.15, 0.2) is 0 Å². The van der Waals surface area contributed by atoms with Crippen molar-refractivity contribution in [1.82, 2.24) is 10.3 Å². The monoisotopic (exact) mass is 310 g/mol. The number of amides is 1. The molecule has 2 aromatic heterocycles. The van der Waals surface area contributed by atoms with Crippen LogP contribution in [0.25, 0.3) is 11.3 Å². The lowest BCUT2D eigenvalue weighted by Gasteiger charge is -2.03. The summed E-state index contributed by atoms with van der Waals surface area (Å²) in [6.07, 6.45) is 3.61. The summed E-state index contributed by atoms with van der Waals surface area (Å²) in [7, 11) is 0. The van der Waals surface area contributed by atoms with E-state index < -0.39 is 0 Å². The number of halogens is 1. The topological polar surface area (TPSA) is 55.1 Å². The second-order valence-corrected chi connectivity index (χ2v) is 5.09. The zero-order valence-electron chi connectivity index (χ0n) is 12.3. The van der Waals surface area contributed by atoms with Crippen LogP contribution in [0.2, 0.25) is 0 Å². The van der Waals surface area contributed by atoms with Crippen LogP contribution in [0.3, 0.4) is 0 Å². The molecule has 0 aliphatic rings. The first-order chi connectivity index (χ1) is 11.2. The molecule has 23 heavy (non-hydrogen) atoms. The summed E-state index contributed by atoms with van der Waals surface area (Å²) in [5, 5.41) is 2.80. The SMILES string of the molecule is O=C(Cc1cccnc1)NCc1ccc(-c2ccc(F)cc2)o1. The summed E-state index contributed by atoms with van der Waals surface area (Å²) in [5.41, 5.74) is 1.65. The van der Waals surface area contributed by atoms with Gasteiger partial charge < -0.3 is 9.73 Å². The third kappa shape index (κ3) is 4.03. The fraction of sp³-hybridized carbons (Fsp3) is 0.111. The third-order valence-corrected chi connectivity index (χ3v) is 3.34. The zero-order valence-corrected chi connectivity index (χ0v) is 12.3. The molecule has 0 bridgehead atoms. The lowest BCUT2D eigenvalue weighted by atomic mass is 10.2. The van der Waals surface area contributed by atoms with Crippen LogP contribution >= 0.6 is 0 Å². The van der Waals surface area contributed by atoms with Gasteiger partial charge in [-0.05, 0) is 48.0 Å². The highest BCUT2D eigenvalue weighted by Gasteiger charge is 2.07. The Morgan fingerprint density at radius 3 is 2.70 bits per heavy atom. The molecular weight excluding hydrogens is 295 g/mol. The first-order valence-corrected chi connectivity index (χ1v) is 7.21. The first-order valence-electron chi connectivity index (χ1n) is 7.21. The van der Waals surface area contributed by atoms with Crippen molar-refractivity contribution in [2.24, 2.45) is 0 Å². The Morgan fingerprint density at radius 1 is 1.13 bits per heavy atom. The Kier molecular flexibility index (Phi) is 4.47. The van der Waals surface area contributed by atoms with E-state index in [2.05, 4.69) is 10.3 Å². The van der Waals surface area contributed by atoms with Gasteiger partial charge in [-0.1, -0.05) is 6.07 Å². The summed E-state index contributed by atoms with van der Waals surface area (Å²) < 4.78 is 18.6. The van der Waals surface area contributed by atoms with Crippen LogP contribution in [-0.2, 0) is 17.8 Å². The van der Waals surface area contributed by atoms with E-state index in [0.717, 1.165) is 11.1 Å². The number of benzene rings is 1. The molecule has 5 heteroatoms. The normalized spacial score (nSPS) is 10.5. The first kappa shape index (κ1) is 15.0. The number of nitrogens with zero attached hydrogens (tertiary/aromatic N) is 1. The number of pyridine rings is 1. The van der Waals surface area contributed by atoms with Gasteiger partial charge in [0.1, 0.15) is 17.3 Å². The van der Waals surface area contributed by atoms with Crippen LogP contribution in [-0.4, -0.2) is 10.9 Å². The van der Waals surface area contributed by atoms with Crippen molar-refractivity contribution in [3.05, 3.63) is 78.1 Å². The number of carbonyl (C=O) groups excluding carboxylic acids is 1. The Morgan fingerprint density at radius 2 is 1.96 bits per heavy atom. The quantitative estimate of drug-likeness (QED) is 0.786. The lowest BCUT2D eigenvalue weighted by Crippen LogP contribution is -2.24. The Labute approximate surface area is 133 Å². The smallest absolute Gasteiger partial charge is 0.224 e. The van der Waals surface area contributed by atoms with E-state index in [4.69, 9.17) is 4.42 Å². The van der Waals surface area contributed by atoms with Gasteiger partial charge in [-0.25, -0.2) is 4.39 Å².